The second-order valence-corrected chi connectivity index (χ2v) is 2.91. The monoisotopic (exact) mass is 180 g/mol. The van der Waals surface area contributed by atoms with Crippen molar-refractivity contribution in [3.8, 4) is 0 Å². The van der Waals surface area contributed by atoms with Crippen molar-refractivity contribution in [2.24, 2.45) is 5.73 Å². The van der Waals surface area contributed by atoms with Gasteiger partial charge < -0.3 is 10.8 Å². The van der Waals surface area contributed by atoms with Gasteiger partial charge in [0, 0.05) is 6.20 Å². The molecular weight excluding hydrogens is 168 g/mol. The maximum atomic E-state index is 10.4. The predicted molar refractivity (Wildman–Crippen MR) is 48.2 cm³/mol. The molecule has 0 spiro atoms. The van der Waals surface area contributed by atoms with Crippen LogP contribution in [-0.2, 0) is 4.79 Å². The fourth-order valence-corrected chi connectivity index (χ4v) is 1.17. The molecule has 0 bridgehead atoms. The first-order valence-corrected chi connectivity index (χ1v) is 4.00. The molecule has 0 aliphatic heterocycles. The fourth-order valence-electron chi connectivity index (χ4n) is 1.17. The Morgan fingerprint density at radius 3 is 3.00 bits per heavy atom. The fraction of sp³-hybridized carbons (Fsp3) is 0.333. The molecule has 3 N–H and O–H groups in total. The van der Waals surface area contributed by atoms with Crippen LogP contribution in [0.4, 0.5) is 0 Å². The zero-order valence-electron chi connectivity index (χ0n) is 7.40. The molecule has 1 aromatic rings. The van der Waals surface area contributed by atoms with Crippen LogP contribution in [-0.4, -0.2) is 16.1 Å². The molecule has 1 aromatic heterocycles. The molecular formula is C9H12N2O2. The summed E-state index contributed by atoms with van der Waals surface area (Å²) in [5.41, 5.74) is 7.24. The Labute approximate surface area is 76.4 Å². The van der Waals surface area contributed by atoms with E-state index in [4.69, 9.17) is 10.8 Å². The molecule has 1 atom stereocenters. The lowest BCUT2D eigenvalue weighted by Crippen LogP contribution is -2.17. The van der Waals surface area contributed by atoms with Crippen LogP contribution in [0.1, 0.15) is 23.7 Å². The van der Waals surface area contributed by atoms with E-state index in [0.29, 0.717) is 5.69 Å². The lowest BCUT2D eigenvalue weighted by molar-refractivity contribution is -0.137. The molecule has 70 valence electrons. The molecule has 4 nitrogen and oxygen atoms in total. The third kappa shape index (κ3) is 2.52. The number of nitrogens with two attached hydrogens (primary N) is 1. The van der Waals surface area contributed by atoms with Gasteiger partial charge in [-0.05, 0) is 18.6 Å². The number of aromatic nitrogens is 1. The van der Waals surface area contributed by atoms with E-state index in [1.807, 2.05) is 13.0 Å². The van der Waals surface area contributed by atoms with E-state index in [0.717, 1.165) is 5.56 Å². The highest BCUT2D eigenvalue weighted by Gasteiger charge is 2.13. The molecule has 1 heterocycles. The summed E-state index contributed by atoms with van der Waals surface area (Å²) in [6.45, 7) is 1.87. The van der Waals surface area contributed by atoms with E-state index in [-0.39, 0.29) is 6.42 Å². The van der Waals surface area contributed by atoms with Crippen LogP contribution in [0.3, 0.4) is 0 Å². The van der Waals surface area contributed by atoms with Gasteiger partial charge in [0.25, 0.3) is 0 Å². The van der Waals surface area contributed by atoms with Gasteiger partial charge in [0.2, 0.25) is 0 Å². The van der Waals surface area contributed by atoms with Crippen LogP contribution in [0, 0.1) is 6.92 Å². The molecule has 1 unspecified atom stereocenters. The summed E-state index contributed by atoms with van der Waals surface area (Å²) < 4.78 is 0. The number of hydrogen-bond acceptors (Lipinski definition) is 3. The van der Waals surface area contributed by atoms with Gasteiger partial charge in [-0.2, -0.15) is 0 Å². The zero-order chi connectivity index (χ0) is 9.84. The molecule has 0 saturated heterocycles. The average molecular weight is 180 g/mol. The molecule has 4 heteroatoms. The third-order valence-corrected chi connectivity index (χ3v) is 1.80. The summed E-state index contributed by atoms with van der Waals surface area (Å²) >= 11 is 0. The van der Waals surface area contributed by atoms with Crippen molar-refractivity contribution in [3.63, 3.8) is 0 Å². The highest BCUT2D eigenvalue weighted by atomic mass is 16.4. The number of aryl methyl sites for hydroxylation is 1. The highest BCUT2D eigenvalue weighted by Crippen LogP contribution is 2.14. The Balaban J connectivity index is 2.82. The summed E-state index contributed by atoms with van der Waals surface area (Å²) in [7, 11) is 0. The summed E-state index contributed by atoms with van der Waals surface area (Å²) in [5.74, 6) is -0.905. The maximum absolute atomic E-state index is 10.4. The number of carboxylic acid groups (broad SMARTS) is 1. The lowest BCUT2D eigenvalue weighted by Gasteiger charge is -2.10. The molecule has 0 radical (unpaired) electrons. The topological polar surface area (TPSA) is 76.2 Å². The van der Waals surface area contributed by atoms with Crippen molar-refractivity contribution in [2.45, 2.75) is 19.4 Å². The van der Waals surface area contributed by atoms with Crippen LogP contribution in [0.2, 0.25) is 0 Å². The second-order valence-electron chi connectivity index (χ2n) is 2.91. The quantitative estimate of drug-likeness (QED) is 0.723. The summed E-state index contributed by atoms with van der Waals surface area (Å²) in [5, 5.41) is 8.53. The van der Waals surface area contributed by atoms with E-state index >= 15 is 0 Å². The van der Waals surface area contributed by atoms with Crippen LogP contribution in [0.15, 0.2) is 18.3 Å². The van der Waals surface area contributed by atoms with E-state index in [9.17, 15) is 4.79 Å². The normalized spacial score (nSPS) is 12.5. The van der Waals surface area contributed by atoms with Crippen molar-refractivity contribution < 1.29 is 9.90 Å². The number of pyridine rings is 1. The van der Waals surface area contributed by atoms with Gasteiger partial charge in [0.1, 0.15) is 0 Å². The minimum absolute atomic E-state index is 0.0855. The Kier molecular flexibility index (Phi) is 2.97. The smallest absolute Gasteiger partial charge is 0.305 e. The number of carbonyl (C=O) groups is 1. The summed E-state index contributed by atoms with van der Waals surface area (Å²) in [4.78, 5) is 14.4. The summed E-state index contributed by atoms with van der Waals surface area (Å²) in [6, 6.07) is 3.15. The molecule has 1 rings (SSSR count). The van der Waals surface area contributed by atoms with Crippen LogP contribution in [0.5, 0.6) is 0 Å². The molecule has 0 aromatic carbocycles. The molecule has 0 amide bonds. The first-order valence-electron chi connectivity index (χ1n) is 4.00. The Morgan fingerprint density at radius 2 is 2.46 bits per heavy atom. The SMILES string of the molecule is Cc1cccnc1C(N)CC(=O)O. The Morgan fingerprint density at radius 1 is 1.77 bits per heavy atom. The maximum Gasteiger partial charge on any atom is 0.305 e. The first kappa shape index (κ1) is 9.67. The highest BCUT2D eigenvalue weighted by molar-refractivity contribution is 5.67. The van der Waals surface area contributed by atoms with Gasteiger partial charge in [-0.3, -0.25) is 9.78 Å². The molecule has 0 saturated carbocycles. The number of nitrogens with zero attached hydrogens (tertiary/aromatic N) is 1. The standard InChI is InChI=1S/C9H12N2O2/c1-6-3-2-4-11-9(6)7(10)5-8(12)13/h2-4,7H,5,10H2,1H3,(H,12,13). The predicted octanol–water partition coefficient (Wildman–Crippen LogP) is 0.865. The minimum atomic E-state index is -0.905. The Hall–Kier alpha value is -1.42. The molecule has 13 heavy (non-hydrogen) atoms. The lowest BCUT2D eigenvalue weighted by atomic mass is 10.1. The zero-order valence-corrected chi connectivity index (χ0v) is 7.40. The van der Waals surface area contributed by atoms with E-state index in [1.165, 1.54) is 0 Å². The van der Waals surface area contributed by atoms with E-state index in [2.05, 4.69) is 4.98 Å². The first-order chi connectivity index (χ1) is 6.11. The largest absolute Gasteiger partial charge is 0.481 e. The number of hydrogen-bond donors (Lipinski definition) is 2. The summed E-state index contributed by atoms with van der Waals surface area (Å²) in [6.07, 6.45) is 1.53. The average Bonchev–Trinajstić information content (AvgIpc) is 2.03. The Bertz CT molecular complexity index is 312. The molecule has 0 aliphatic carbocycles. The van der Waals surface area contributed by atoms with Gasteiger partial charge in [0.15, 0.2) is 0 Å². The number of aliphatic carboxylic acids is 1. The van der Waals surface area contributed by atoms with Crippen LogP contribution in [0.25, 0.3) is 0 Å². The van der Waals surface area contributed by atoms with Crippen molar-refractivity contribution in [3.05, 3.63) is 29.6 Å². The number of carboxylic acids is 1. The molecule has 0 fully saturated rings. The van der Waals surface area contributed by atoms with Crippen molar-refractivity contribution in [2.75, 3.05) is 0 Å². The van der Waals surface area contributed by atoms with Crippen LogP contribution >= 0.6 is 0 Å². The van der Waals surface area contributed by atoms with E-state index in [1.54, 1.807) is 12.3 Å². The molecule has 0 aliphatic rings. The van der Waals surface area contributed by atoms with Gasteiger partial charge in [-0.1, -0.05) is 6.07 Å². The van der Waals surface area contributed by atoms with E-state index < -0.39 is 12.0 Å². The van der Waals surface area contributed by atoms with Crippen molar-refractivity contribution >= 4 is 5.97 Å². The minimum Gasteiger partial charge on any atom is -0.481 e. The third-order valence-electron chi connectivity index (χ3n) is 1.80. The van der Waals surface area contributed by atoms with Gasteiger partial charge in [0.05, 0.1) is 18.2 Å². The van der Waals surface area contributed by atoms with Crippen LogP contribution < -0.4 is 5.73 Å². The van der Waals surface area contributed by atoms with Gasteiger partial charge in [-0.15, -0.1) is 0 Å². The van der Waals surface area contributed by atoms with Gasteiger partial charge in [-0.25, -0.2) is 0 Å². The second kappa shape index (κ2) is 4.00. The van der Waals surface area contributed by atoms with Crippen molar-refractivity contribution in [1.82, 2.24) is 4.98 Å². The van der Waals surface area contributed by atoms with Crippen molar-refractivity contribution in [1.29, 1.82) is 0 Å². The number of rotatable bonds is 3. The van der Waals surface area contributed by atoms with Gasteiger partial charge >= 0.3 is 5.97 Å².